The second kappa shape index (κ2) is 3.17. The van der Waals surface area contributed by atoms with E-state index in [1.807, 2.05) is 0 Å². The van der Waals surface area contributed by atoms with Crippen molar-refractivity contribution in [2.75, 3.05) is 6.54 Å². The van der Waals surface area contributed by atoms with Gasteiger partial charge in [-0.15, -0.1) is 0 Å². The minimum atomic E-state index is -4.72. The molecule has 2 nitrogen and oxygen atoms in total. The summed E-state index contributed by atoms with van der Waals surface area (Å²) in [7, 11) is 0. The number of hydrogen-bond donors (Lipinski definition) is 0. The van der Waals surface area contributed by atoms with Crippen LogP contribution in [0.1, 0.15) is 0 Å². The van der Waals surface area contributed by atoms with Gasteiger partial charge in [-0.05, 0) is 6.08 Å². The monoisotopic (exact) mass is 192 g/mol. The predicted molar refractivity (Wildman–Crippen MR) is 36.9 cm³/mol. The highest BCUT2D eigenvalue weighted by atomic mass is 19.4. The molecule has 6 heteroatoms. The summed E-state index contributed by atoms with van der Waals surface area (Å²) >= 11 is 0. The molecule has 1 heterocycles. The fourth-order valence-electron chi connectivity index (χ4n) is 0.887. The Morgan fingerprint density at radius 3 is 2.62 bits per heavy atom. The standard InChI is InChI=1S/C7H4F4N2/c8-6-3-13-4(2-12)1-5(6)7(9,10)11/h1,6H,3H2. The molecule has 1 rings (SSSR count). The summed E-state index contributed by atoms with van der Waals surface area (Å²) in [4.78, 5) is 3.30. The molecule has 0 spiro atoms. The van der Waals surface area contributed by atoms with E-state index in [0.717, 1.165) is 0 Å². The molecule has 0 fully saturated rings. The molecular formula is C7H4F4N2. The van der Waals surface area contributed by atoms with Crippen molar-refractivity contribution in [3.63, 3.8) is 0 Å². The van der Waals surface area contributed by atoms with Crippen molar-refractivity contribution in [2.45, 2.75) is 12.3 Å². The number of allylic oxidation sites excluding steroid dienone is 1. The molecule has 0 aromatic rings. The molecule has 1 unspecified atom stereocenters. The van der Waals surface area contributed by atoms with Crippen LogP contribution in [0.15, 0.2) is 16.6 Å². The van der Waals surface area contributed by atoms with Crippen LogP contribution in [0.2, 0.25) is 0 Å². The molecular weight excluding hydrogens is 188 g/mol. The van der Waals surface area contributed by atoms with Crippen LogP contribution in [-0.2, 0) is 0 Å². The van der Waals surface area contributed by atoms with Gasteiger partial charge >= 0.3 is 6.18 Å². The summed E-state index contributed by atoms with van der Waals surface area (Å²) in [6.07, 6.45) is -6.44. The summed E-state index contributed by atoms with van der Waals surface area (Å²) in [5.41, 5.74) is -1.72. The molecule has 0 saturated heterocycles. The third kappa shape index (κ3) is 2.05. The fraction of sp³-hybridized carbons (Fsp3) is 0.429. The Hall–Kier alpha value is -1.38. The molecule has 1 aliphatic heterocycles. The van der Waals surface area contributed by atoms with Gasteiger partial charge in [-0.1, -0.05) is 0 Å². The van der Waals surface area contributed by atoms with Crippen LogP contribution in [0.3, 0.4) is 0 Å². The number of nitrogens with zero attached hydrogens (tertiary/aromatic N) is 2. The van der Waals surface area contributed by atoms with Gasteiger partial charge in [-0.2, -0.15) is 18.4 Å². The van der Waals surface area contributed by atoms with E-state index < -0.39 is 24.5 Å². The van der Waals surface area contributed by atoms with Crippen molar-refractivity contribution in [3.8, 4) is 6.07 Å². The molecule has 0 N–H and O–H groups in total. The zero-order valence-corrected chi connectivity index (χ0v) is 6.27. The van der Waals surface area contributed by atoms with Crippen molar-refractivity contribution >= 4 is 5.71 Å². The minimum absolute atomic E-state index is 0.388. The van der Waals surface area contributed by atoms with Gasteiger partial charge in [0.2, 0.25) is 0 Å². The maximum atomic E-state index is 12.6. The number of alkyl halides is 4. The first kappa shape index (κ1) is 9.71. The highest BCUT2D eigenvalue weighted by molar-refractivity contribution is 6.08. The number of rotatable bonds is 0. The van der Waals surface area contributed by atoms with E-state index in [1.54, 1.807) is 0 Å². The summed E-state index contributed by atoms with van der Waals surface area (Å²) in [5.74, 6) is 0. The highest BCUT2D eigenvalue weighted by Gasteiger charge is 2.40. The van der Waals surface area contributed by atoms with E-state index in [0.29, 0.717) is 6.08 Å². The third-order valence-corrected chi connectivity index (χ3v) is 1.49. The first-order valence-corrected chi connectivity index (χ1v) is 3.32. The molecule has 1 atom stereocenters. The largest absolute Gasteiger partial charge is 0.415 e. The van der Waals surface area contributed by atoms with Gasteiger partial charge in [0, 0.05) is 0 Å². The zero-order valence-electron chi connectivity index (χ0n) is 6.27. The van der Waals surface area contributed by atoms with E-state index in [1.165, 1.54) is 6.07 Å². The summed E-state index contributed by atoms with van der Waals surface area (Å²) < 4.78 is 48.7. The van der Waals surface area contributed by atoms with Crippen LogP contribution in [0.4, 0.5) is 17.6 Å². The van der Waals surface area contributed by atoms with Crippen LogP contribution in [0, 0.1) is 11.3 Å². The highest BCUT2D eigenvalue weighted by Crippen LogP contribution is 2.31. The van der Waals surface area contributed by atoms with Crippen molar-refractivity contribution in [1.82, 2.24) is 0 Å². The lowest BCUT2D eigenvalue weighted by Crippen LogP contribution is -2.27. The Morgan fingerprint density at radius 2 is 2.15 bits per heavy atom. The quantitative estimate of drug-likeness (QED) is 0.539. The van der Waals surface area contributed by atoms with Gasteiger partial charge in [0.25, 0.3) is 0 Å². The molecule has 70 valence electrons. The second-order valence-corrected chi connectivity index (χ2v) is 2.40. The number of halogens is 4. The lowest BCUT2D eigenvalue weighted by molar-refractivity contribution is -0.0999. The van der Waals surface area contributed by atoms with Gasteiger partial charge < -0.3 is 0 Å². The summed E-state index contributed by atoms with van der Waals surface area (Å²) in [6, 6.07) is 1.43. The Labute approximate surface area is 71.2 Å². The molecule has 13 heavy (non-hydrogen) atoms. The number of aliphatic imine (C=N–C) groups is 1. The van der Waals surface area contributed by atoms with E-state index in [9.17, 15) is 17.6 Å². The van der Waals surface area contributed by atoms with Crippen molar-refractivity contribution < 1.29 is 17.6 Å². The summed E-state index contributed by atoms with van der Waals surface area (Å²) in [5, 5.41) is 8.25. The fourth-order valence-corrected chi connectivity index (χ4v) is 0.887. The summed E-state index contributed by atoms with van der Waals surface area (Å²) in [6.45, 7) is -0.631. The van der Waals surface area contributed by atoms with Gasteiger partial charge in [-0.3, -0.25) is 4.99 Å². The van der Waals surface area contributed by atoms with Gasteiger partial charge in [-0.25, -0.2) is 4.39 Å². The molecule has 0 amide bonds. The Bertz CT molecular complexity index is 307. The van der Waals surface area contributed by atoms with E-state index in [2.05, 4.69) is 4.99 Å². The van der Waals surface area contributed by atoms with E-state index in [4.69, 9.17) is 5.26 Å². The SMILES string of the molecule is N#CC1=NCC(F)C(C(F)(F)F)=C1. The average molecular weight is 192 g/mol. The molecule has 1 aliphatic rings. The van der Waals surface area contributed by atoms with Gasteiger partial charge in [0.1, 0.15) is 18.0 Å². The van der Waals surface area contributed by atoms with Crippen LogP contribution < -0.4 is 0 Å². The first-order chi connectivity index (χ1) is 5.95. The van der Waals surface area contributed by atoms with Crippen molar-refractivity contribution in [1.29, 1.82) is 5.26 Å². The van der Waals surface area contributed by atoms with Crippen molar-refractivity contribution in [3.05, 3.63) is 11.6 Å². The Morgan fingerprint density at radius 1 is 1.54 bits per heavy atom. The molecule has 0 bridgehead atoms. The molecule has 0 radical (unpaired) electrons. The van der Waals surface area contributed by atoms with Gasteiger partial charge in [0.15, 0.2) is 0 Å². The second-order valence-electron chi connectivity index (χ2n) is 2.40. The molecule has 0 aromatic carbocycles. The van der Waals surface area contributed by atoms with Crippen LogP contribution in [-0.4, -0.2) is 24.6 Å². The van der Waals surface area contributed by atoms with Crippen LogP contribution >= 0.6 is 0 Å². The normalized spacial score (nSPS) is 23.2. The Kier molecular flexibility index (Phi) is 2.36. The topological polar surface area (TPSA) is 36.1 Å². The van der Waals surface area contributed by atoms with Crippen LogP contribution in [0.25, 0.3) is 0 Å². The lowest BCUT2D eigenvalue weighted by atomic mass is 10.1. The number of nitriles is 1. The molecule has 0 saturated carbocycles. The van der Waals surface area contributed by atoms with E-state index in [-0.39, 0.29) is 5.71 Å². The average Bonchev–Trinajstić information content (AvgIpc) is 2.03. The predicted octanol–water partition coefficient (Wildman–Crippen LogP) is 1.79. The number of hydrogen-bond acceptors (Lipinski definition) is 2. The lowest BCUT2D eigenvalue weighted by Gasteiger charge is -2.17. The zero-order chi connectivity index (χ0) is 10.1. The van der Waals surface area contributed by atoms with Crippen LogP contribution in [0.5, 0.6) is 0 Å². The molecule has 0 aliphatic carbocycles. The molecule has 0 aromatic heterocycles. The van der Waals surface area contributed by atoms with Gasteiger partial charge in [0.05, 0.1) is 12.1 Å². The smallest absolute Gasteiger partial charge is 0.271 e. The minimum Gasteiger partial charge on any atom is -0.271 e. The van der Waals surface area contributed by atoms with E-state index >= 15 is 0 Å². The maximum absolute atomic E-state index is 12.6. The van der Waals surface area contributed by atoms with Crippen molar-refractivity contribution in [2.24, 2.45) is 4.99 Å². The third-order valence-electron chi connectivity index (χ3n) is 1.49. The number of dihydropyridines is 1. The maximum Gasteiger partial charge on any atom is 0.415 e. The Balaban J connectivity index is 3.01. The first-order valence-electron chi connectivity index (χ1n) is 3.32.